The molecule has 1 amide bonds. The largest absolute Gasteiger partial charge is 0.492 e. The average Bonchev–Trinajstić information content (AvgIpc) is 2.86. The van der Waals surface area contributed by atoms with Crippen LogP contribution in [0, 0.1) is 0 Å². The second-order valence-corrected chi connectivity index (χ2v) is 5.64. The SMILES string of the molecule is CN(C)CCOc1ccccc1C=NN=C1NC(=O)CS1. The smallest absolute Gasteiger partial charge is 0.236 e. The first kappa shape index (κ1) is 15.5. The number of rotatable bonds is 6. The van der Waals surface area contributed by atoms with Crippen LogP contribution in [0.5, 0.6) is 5.75 Å². The van der Waals surface area contributed by atoms with Gasteiger partial charge >= 0.3 is 0 Å². The molecule has 0 unspecified atom stereocenters. The Bertz CT molecular complexity index is 558. The molecule has 0 saturated carbocycles. The van der Waals surface area contributed by atoms with Crippen LogP contribution in [-0.2, 0) is 4.79 Å². The van der Waals surface area contributed by atoms with E-state index in [9.17, 15) is 4.79 Å². The molecule has 0 radical (unpaired) electrons. The van der Waals surface area contributed by atoms with Gasteiger partial charge < -0.3 is 15.0 Å². The molecule has 1 aliphatic rings. The number of likely N-dealkylation sites (N-methyl/N-ethyl adjacent to an activating group) is 1. The van der Waals surface area contributed by atoms with E-state index in [-0.39, 0.29) is 5.91 Å². The second-order valence-electron chi connectivity index (χ2n) is 4.68. The number of benzene rings is 1. The van der Waals surface area contributed by atoms with E-state index in [0.717, 1.165) is 17.9 Å². The van der Waals surface area contributed by atoms with E-state index < -0.39 is 0 Å². The van der Waals surface area contributed by atoms with E-state index >= 15 is 0 Å². The summed E-state index contributed by atoms with van der Waals surface area (Å²) in [6, 6.07) is 7.64. The molecule has 1 N–H and O–H groups in total. The van der Waals surface area contributed by atoms with Crippen LogP contribution in [0.2, 0.25) is 0 Å². The monoisotopic (exact) mass is 306 g/mol. The number of carbonyl (C=O) groups excluding carboxylic acids is 1. The van der Waals surface area contributed by atoms with E-state index in [1.54, 1.807) is 6.21 Å². The lowest BCUT2D eigenvalue weighted by atomic mass is 10.2. The lowest BCUT2D eigenvalue weighted by Gasteiger charge is -2.12. The normalized spacial score (nSPS) is 16.9. The Morgan fingerprint density at radius 2 is 2.24 bits per heavy atom. The molecule has 0 aliphatic carbocycles. The molecule has 1 saturated heterocycles. The van der Waals surface area contributed by atoms with E-state index in [1.807, 2.05) is 38.4 Å². The number of hydrogen-bond acceptors (Lipinski definition) is 6. The maximum Gasteiger partial charge on any atom is 0.236 e. The van der Waals surface area contributed by atoms with E-state index in [4.69, 9.17) is 4.74 Å². The lowest BCUT2D eigenvalue weighted by Crippen LogP contribution is -2.20. The number of hydrogen-bond donors (Lipinski definition) is 1. The van der Waals surface area contributed by atoms with Crippen LogP contribution in [0.25, 0.3) is 0 Å². The van der Waals surface area contributed by atoms with Crippen molar-refractivity contribution >= 4 is 29.1 Å². The van der Waals surface area contributed by atoms with Gasteiger partial charge in [-0.3, -0.25) is 4.79 Å². The predicted octanol–water partition coefficient (Wildman–Crippen LogP) is 1.18. The van der Waals surface area contributed by atoms with Gasteiger partial charge in [0.15, 0.2) is 5.17 Å². The molecule has 7 heteroatoms. The molecular formula is C14H18N4O2S. The Kier molecular flexibility index (Phi) is 5.77. The third-order valence-corrected chi connectivity index (χ3v) is 3.51. The fraction of sp³-hybridized carbons (Fsp3) is 0.357. The second kappa shape index (κ2) is 7.80. The van der Waals surface area contributed by atoms with Gasteiger partial charge in [0.1, 0.15) is 12.4 Å². The molecule has 6 nitrogen and oxygen atoms in total. The molecule has 0 atom stereocenters. The number of ether oxygens (including phenoxy) is 1. The summed E-state index contributed by atoms with van der Waals surface area (Å²) in [7, 11) is 4.00. The summed E-state index contributed by atoms with van der Waals surface area (Å²) in [5, 5.41) is 11.1. The summed E-state index contributed by atoms with van der Waals surface area (Å²) in [5.74, 6) is 1.13. The van der Waals surface area contributed by atoms with Gasteiger partial charge in [0.05, 0.1) is 12.0 Å². The predicted molar refractivity (Wildman–Crippen MR) is 86.1 cm³/mol. The zero-order valence-electron chi connectivity index (χ0n) is 12.1. The van der Waals surface area contributed by atoms with E-state index in [0.29, 0.717) is 17.5 Å². The number of nitrogens with one attached hydrogen (secondary N) is 1. The van der Waals surface area contributed by atoms with Crippen molar-refractivity contribution in [1.29, 1.82) is 0 Å². The minimum atomic E-state index is -0.0404. The van der Waals surface area contributed by atoms with Crippen LogP contribution in [0.3, 0.4) is 0 Å². The van der Waals surface area contributed by atoms with E-state index in [1.165, 1.54) is 11.8 Å². The fourth-order valence-electron chi connectivity index (χ4n) is 1.58. The molecule has 0 spiro atoms. The number of para-hydroxylation sites is 1. The first-order valence-corrected chi connectivity index (χ1v) is 7.54. The van der Waals surface area contributed by atoms with Gasteiger partial charge in [0.2, 0.25) is 5.91 Å². The summed E-state index contributed by atoms with van der Waals surface area (Å²) in [6.07, 6.45) is 1.63. The van der Waals surface area contributed by atoms with Crippen molar-refractivity contribution < 1.29 is 9.53 Å². The van der Waals surface area contributed by atoms with Gasteiger partial charge in [-0.25, -0.2) is 0 Å². The zero-order chi connectivity index (χ0) is 15.1. The van der Waals surface area contributed by atoms with Gasteiger partial charge in [-0.2, -0.15) is 5.10 Å². The maximum absolute atomic E-state index is 11.0. The van der Waals surface area contributed by atoms with Crippen molar-refractivity contribution in [2.24, 2.45) is 10.2 Å². The number of nitrogens with zero attached hydrogens (tertiary/aromatic N) is 3. The summed E-state index contributed by atoms with van der Waals surface area (Å²) < 4.78 is 5.73. The van der Waals surface area contributed by atoms with Gasteiger partial charge in [-0.05, 0) is 26.2 Å². The highest BCUT2D eigenvalue weighted by Crippen LogP contribution is 2.16. The average molecular weight is 306 g/mol. The van der Waals surface area contributed by atoms with Crippen molar-refractivity contribution in [2.45, 2.75) is 0 Å². The Morgan fingerprint density at radius 1 is 1.43 bits per heavy atom. The van der Waals surface area contributed by atoms with Gasteiger partial charge in [-0.15, -0.1) is 5.10 Å². The number of carbonyl (C=O) groups is 1. The van der Waals surface area contributed by atoms with Crippen molar-refractivity contribution in [1.82, 2.24) is 10.2 Å². The minimum Gasteiger partial charge on any atom is -0.492 e. The topological polar surface area (TPSA) is 66.3 Å². The van der Waals surface area contributed by atoms with Crippen LogP contribution < -0.4 is 10.1 Å². The molecule has 1 fully saturated rings. The van der Waals surface area contributed by atoms with Crippen LogP contribution in [0.4, 0.5) is 0 Å². The Morgan fingerprint density at radius 3 is 2.95 bits per heavy atom. The summed E-state index contributed by atoms with van der Waals surface area (Å²) in [5.41, 5.74) is 0.856. The van der Waals surface area contributed by atoms with Gasteiger partial charge in [0.25, 0.3) is 0 Å². The molecule has 0 aromatic heterocycles. The molecule has 1 heterocycles. The zero-order valence-corrected chi connectivity index (χ0v) is 12.9. The fourth-order valence-corrected chi connectivity index (χ4v) is 2.21. The molecule has 21 heavy (non-hydrogen) atoms. The molecule has 1 aromatic rings. The maximum atomic E-state index is 11.0. The van der Waals surface area contributed by atoms with Crippen LogP contribution in [-0.4, -0.2) is 55.2 Å². The van der Waals surface area contributed by atoms with Crippen molar-refractivity contribution in [2.75, 3.05) is 33.0 Å². The number of amides is 1. The standard InChI is InChI=1S/C14H18N4O2S/c1-18(2)7-8-20-12-6-4-3-5-11(12)9-15-17-14-16-13(19)10-21-14/h3-6,9H,7-8,10H2,1-2H3,(H,16,17,19). The highest BCUT2D eigenvalue weighted by molar-refractivity contribution is 8.15. The third kappa shape index (κ3) is 5.20. The molecule has 0 bridgehead atoms. The Hall–Kier alpha value is -1.86. The first-order valence-electron chi connectivity index (χ1n) is 6.55. The molecular weight excluding hydrogens is 288 g/mol. The summed E-state index contributed by atoms with van der Waals surface area (Å²) in [6.45, 7) is 1.45. The van der Waals surface area contributed by atoms with Crippen LogP contribution in [0.1, 0.15) is 5.56 Å². The van der Waals surface area contributed by atoms with Crippen molar-refractivity contribution in [3.63, 3.8) is 0 Å². The Balaban J connectivity index is 1.97. The van der Waals surface area contributed by atoms with E-state index in [2.05, 4.69) is 20.4 Å². The minimum absolute atomic E-state index is 0.0404. The lowest BCUT2D eigenvalue weighted by molar-refractivity contribution is -0.116. The highest BCUT2D eigenvalue weighted by Gasteiger charge is 2.15. The Labute approximate surface area is 128 Å². The first-order chi connectivity index (χ1) is 10.1. The molecule has 1 aromatic carbocycles. The van der Waals surface area contributed by atoms with Gasteiger partial charge in [-0.1, -0.05) is 23.9 Å². The third-order valence-electron chi connectivity index (χ3n) is 2.65. The highest BCUT2D eigenvalue weighted by atomic mass is 32.2. The number of amidine groups is 1. The number of thioether (sulfide) groups is 1. The quantitative estimate of drug-likeness (QED) is 0.633. The van der Waals surface area contributed by atoms with Crippen molar-refractivity contribution in [3.8, 4) is 5.75 Å². The summed E-state index contributed by atoms with van der Waals surface area (Å²) >= 11 is 1.35. The van der Waals surface area contributed by atoms with Crippen LogP contribution >= 0.6 is 11.8 Å². The summed E-state index contributed by atoms with van der Waals surface area (Å²) in [4.78, 5) is 13.1. The molecule has 112 valence electrons. The molecule has 1 aliphatic heterocycles. The van der Waals surface area contributed by atoms with Crippen LogP contribution in [0.15, 0.2) is 34.5 Å². The molecule has 2 rings (SSSR count). The van der Waals surface area contributed by atoms with Gasteiger partial charge in [0, 0.05) is 12.1 Å². The van der Waals surface area contributed by atoms with Crippen molar-refractivity contribution in [3.05, 3.63) is 29.8 Å².